The first-order valence-corrected chi connectivity index (χ1v) is 15.0. The number of fused-ring (bicyclic) bond motifs is 6. The Morgan fingerprint density at radius 2 is 0.788 bits per heavy atom. The molecule has 52 heavy (non-hydrogen) atoms. The molecular formula is C40H14F8N4. The van der Waals surface area contributed by atoms with Crippen molar-refractivity contribution in [1.82, 2.24) is 0 Å². The van der Waals surface area contributed by atoms with E-state index in [-0.39, 0.29) is 33.7 Å². The smallest absolute Gasteiger partial charge is 0.226 e. The summed E-state index contributed by atoms with van der Waals surface area (Å²) in [5.41, 5.74) is 1.44. The number of hydrogen-bond acceptors (Lipinski definition) is 2. The molecule has 2 aliphatic carbocycles. The molecule has 0 atom stereocenters. The second-order valence-electron chi connectivity index (χ2n) is 11.7. The quantitative estimate of drug-likeness (QED) is 0.102. The van der Waals surface area contributed by atoms with Gasteiger partial charge in [-0.3, -0.25) is 0 Å². The lowest BCUT2D eigenvalue weighted by Gasteiger charge is -2.11. The Hall–Kier alpha value is -7.02. The molecule has 7 rings (SSSR count). The van der Waals surface area contributed by atoms with Crippen LogP contribution < -0.4 is 0 Å². The van der Waals surface area contributed by atoms with Gasteiger partial charge in [-0.15, -0.1) is 0 Å². The largest absolute Gasteiger partial charge is 0.419 e. The van der Waals surface area contributed by atoms with E-state index in [1.165, 1.54) is 0 Å². The molecule has 0 heterocycles. The maximum Gasteiger partial charge on any atom is 0.419 e. The molecule has 0 aromatic heterocycles. The highest BCUT2D eigenvalue weighted by Gasteiger charge is 2.36. The number of halogens is 8. The first-order valence-electron chi connectivity index (χ1n) is 15.0. The van der Waals surface area contributed by atoms with Gasteiger partial charge in [0.2, 0.25) is 0 Å². The van der Waals surface area contributed by atoms with Crippen molar-refractivity contribution < 1.29 is 35.1 Å². The number of hydrogen-bond donors (Lipinski definition) is 0. The fraction of sp³-hybridized carbons (Fsp3) is 0.0500. The zero-order chi connectivity index (χ0) is 37.3. The Labute approximate surface area is 289 Å². The van der Waals surface area contributed by atoms with Crippen LogP contribution in [0, 0.1) is 47.4 Å². The van der Waals surface area contributed by atoms with E-state index in [1.54, 1.807) is 48.5 Å². The molecule has 4 nitrogen and oxygen atoms in total. The molecule has 2 aliphatic rings. The summed E-state index contributed by atoms with van der Waals surface area (Å²) in [6, 6.07) is 21.5. The fourth-order valence-electron chi connectivity index (χ4n) is 6.71. The highest BCUT2D eigenvalue weighted by molar-refractivity contribution is 6.11. The van der Waals surface area contributed by atoms with Crippen molar-refractivity contribution in [3.63, 3.8) is 0 Å². The summed E-state index contributed by atoms with van der Waals surface area (Å²) in [5, 5.41) is 19.9. The predicted molar refractivity (Wildman–Crippen MR) is 175 cm³/mol. The number of alkyl halides is 6. The van der Waals surface area contributed by atoms with Gasteiger partial charge in [0.25, 0.3) is 11.4 Å². The third kappa shape index (κ3) is 5.18. The van der Waals surface area contributed by atoms with Crippen molar-refractivity contribution in [2.75, 3.05) is 0 Å². The monoisotopic (exact) mass is 702 g/mol. The van der Waals surface area contributed by atoms with Gasteiger partial charge in [-0.1, -0.05) is 36.4 Å². The Kier molecular flexibility index (Phi) is 7.60. The average molecular weight is 703 g/mol. The van der Waals surface area contributed by atoms with Crippen molar-refractivity contribution in [1.29, 1.82) is 10.5 Å². The predicted octanol–water partition coefficient (Wildman–Crippen LogP) is 11.7. The molecule has 0 spiro atoms. The minimum absolute atomic E-state index is 0.117. The first-order chi connectivity index (χ1) is 24.7. The van der Waals surface area contributed by atoms with Gasteiger partial charge in [-0.05, 0) is 115 Å². The number of allylic oxidation sites excluding steroid dienone is 2. The molecule has 0 radical (unpaired) electrons. The maximum atomic E-state index is 14.5. The summed E-state index contributed by atoms with van der Waals surface area (Å²) in [7, 11) is 0. The summed E-state index contributed by atoms with van der Waals surface area (Å²) in [5.74, 6) is -2.95. The molecule has 5 aromatic rings. The minimum Gasteiger partial charge on any atom is -0.226 e. The molecule has 0 N–H and O–H groups in total. The molecule has 0 amide bonds. The van der Waals surface area contributed by atoms with Crippen molar-refractivity contribution in [3.05, 3.63) is 164 Å². The van der Waals surface area contributed by atoms with Crippen molar-refractivity contribution in [2.45, 2.75) is 12.4 Å². The van der Waals surface area contributed by atoms with Crippen LogP contribution in [0.1, 0.15) is 33.4 Å². The molecule has 0 fully saturated rings. The maximum absolute atomic E-state index is 14.5. The number of nitrogens with zero attached hydrogens (tertiary/aromatic N) is 4. The Morgan fingerprint density at radius 3 is 1.10 bits per heavy atom. The molecule has 250 valence electrons. The zero-order valence-electron chi connectivity index (χ0n) is 25.9. The van der Waals surface area contributed by atoms with Crippen LogP contribution in [0.5, 0.6) is 0 Å². The van der Waals surface area contributed by atoms with Crippen molar-refractivity contribution in [2.24, 2.45) is 0 Å². The average Bonchev–Trinajstić information content (AvgIpc) is 3.58. The van der Waals surface area contributed by atoms with E-state index in [0.717, 1.165) is 24.3 Å². The van der Waals surface area contributed by atoms with E-state index in [0.29, 0.717) is 67.8 Å². The Morgan fingerprint density at radius 1 is 0.462 bits per heavy atom. The normalized spacial score (nSPS) is 14.5. The topological polar surface area (TPSA) is 56.3 Å². The molecule has 0 bridgehead atoms. The van der Waals surface area contributed by atoms with E-state index in [9.17, 15) is 45.6 Å². The lowest BCUT2D eigenvalue weighted by atomic mass is 9.95. The summed E-state index contributed by atoms with van der Waals surface area (Å²) < 4.78 is 108. The van der Waals surface area contributed by atoms with Gasteiger partial charge in [-0.2, -0.15) is 26.3 Å². The van der Waals surface area contributed by atoms with Crippen molar-refractivity contribution >= 4 is 11.1 Å². The van der Waals surface area contributed by atoms with Crippen LogP contribution in [0.3, 0.4) is 0 Å². The van der Waals surface area contributed by atoms with Crippen molar-refractivity contribution in [3.8, 4) is 56.6 Å². The summed E-state index contributed by atoms with van der Waals surface area (Å²) in [4.78, 5) is 6.83. The van der Waals surface area contributed by atoms with E-state index in [1.807, 2.05) is 12.1 Å². The molecule has 0 aliphatic heterocycles. The van der Waals surface area contributed by atoms with Gasteiger partial charge in [0.15, 0.2) is 0 Å². The van der Waals surface area contributed by atoms with Crippen LogP contribution >= 0.6 is 0 Å². The van der Waals surface area contributed by atoms with Crippen LogP contribution in [0.25, 0.3) is 65.3 Å². The fourth-order valence-corrected chi connectivity index (χ4v) is 6.71. The lowest BCUT2D eigenvalue weighted by Crippen LogP contribution is -2.07. The second kappa shape index (κ2) is 11.8. The number of nitriles is 2. The minimum atomic E-state index is -4.90. The van der Waals surface area contributed by atoms with Gasteiger partial charge in [0, 0.05) is 11.1 Å². The number of rotatable bonds is 2. The Bertz CT molecular complexity index is 2450. The highest BCUT2D eigenvalue weighted by atomic mass is 19.4. The summed E-state index contributed by atoms with van der Waals surface area (Å²) in [6.45, 7) is 15.5. The van der Waals surface area contributed by atoms with Crippen LogP contribution in [0.2, 0.25) is 0 Å². The summed E-state index contributed by atoms with van der Waals surface area (Å²) in [6.07, 6.45) is -9.80. The molecule has 12 heteroatoms. The van der Waals surface area contributed by atoms with Crippen LogP contribution in [0.4, 0.5) is 35.1 Å². The SMILES string of the molecule is [C-]#[N+]C(C#N)=C1c2cc(-c3ccc(C(F)(F)F)c(F)c3)ccc2-c2cc3c(cc21)-c1ccc(-c2ccc(C(F)(F)F)c(F)c2)cc1C3=C(C#N)[N+]#[C-]. The first kappa shape index (κ1) is 33.5. The zero-order valence-corrected chi connectivity index (χ0v) is 25.9. The molecular weight excluding hydrogens is 688 g/mol. The second-order valence-corrected chi connectivity index (χ2v) is 11.7. The van der Waals surface area contributed by atoms with E-state index in [2.05, 4.69) is 9.69 Å². The van der Waals surface area contributed by atoms with Gasteiger partial charge in [-0.25, -0.2) is 29.0 Å². The standard InChI is InChI=1S/C40H14F8N4/c1-51-35(17-49)37-27-11-19(21-5-9-31(33(41)13-21)39(43,44)45)3-7-23(27)25-16-30-26(15-29(25)37)24-8-4-20(12-28(24)38(30)36(18-50)52-2)22-6-10-32(34(42)14-22)40(46,47)48/h3-16H. The summed E-state index contributed by atoms with van der Waals surface area (Å²) >= 11 is 0. The van der Waals surface area contributed by atoms with Gasteiger partial charge < -0.3 is 0 Å². The lowest BCUT2D eigenvalue weighted by molar-refractivity contribution is -0.140. The molecule has 5 aromatic carbocycles. The molecule has 0 saturated carbocycles. The van der Waals surface area contributed by atoms with Crippen LogP contribution in [-0.2, 0) is 12.4 Å². The van der Waals surface area contributed by atoms with Gasteiger partial charge >= 0.3 is 12.4 Å². The molecule has 0 unspecified atom stereocenters. The van der Waals surface area contributed by atoms with E-state index >= 15 is 0 Å². The molecule has 0 saturated heterocycles. The Balaban J connectivity index is 1.42. The van der Waals surface area contributed by atoms with E-state index in [4.69, 9.17) is 13.1 Å². The van der Waals surface area contributed by atoms with Crippen LogP contribution in [0.15, 0.2) is 96.3 Å². The highest BCUT2D eigenvalue weighted by Crippen LogP contribution is 2.54. The van der Waals surface area contributed by atoms with E-state index < -0.39 is 35.1 Å². The van der Waals surface area contributed by atoms with Crippen LogP contribution in [-0.4, -0.2) is 0 Å². The van der Waals surface area contributed by atoms with Gasteiger partial charge in [0.1, 0.15) is 11.6 Å². The third-order valence-electron chi connectivity index (χ3n) is 8.98. The van der Waals surface area contributed by atoms with Gasteiger partial charge in [0.05, 0.1) is 36.4 Å². The number of benzene rings is 5. The third-order valence-corrected chi connectivity index (χ3v) is 8.98.